The maximum atomic E-state index is 12.3. The summed E-state index contributed by atoms with van der Waals surface area (Å²) in [7, 11) is -1.52. The lowest BCUT2D eigenvalue weighted by atomic mass is 10.1. The van der Waals surface area contributed by atoms with E-state index in [9.17, 15) is 8.42 Å². The van der Waals surface area contributed by atoms with Gasteiger partial charge in [0.1, 0.15) is 0 Å². The van der Waals surface area contributed by atoms with E-state index >= 15 is 0 Å². The molecule has 1 aromatic heterocycles. The molecule has 0 amide bonds. The van der Waals surface area contributed by atoms with Crippen molar-refractivity contribution in [1.29, 1.82) is 0 Å². The molecule has 7 heteroatoms. The van der Waals surface area contributed by atoms with E-state index in [1.54, 1.807) is 17.6 Å². The van der Waals surface area contributed by atoms with Crippen molar-refractivity contribution in [2.24, 2.45) is 0 Å². The van der Waals surface area contributed by atoms with Crippen LogP contribution >= 0.6 is 0 Å². The lowest BCUT2D eigenvalue weighted by Crippen LogP contribution is -2.41. The summed E-state index contributed by atoms with van der Waals surface area (Å²) in [4.78, 5) is 0. The summed E-state index contributed by atoms with van der Waals surface area (Å²) in [5.74, 6) is 0.211. The molecule has 0 N–H and O–H groups in total. The number of piperidine rings is 1. The molecule has 0 radical (unpaired) electrons. The fourth-order valence-corrected chi connectivity index (χ4v) is 4.18. The van der Waals surface area contributed by atoms with Gasteiger partial charge in [0, 0.05) is 39.2 Å². The van der Waals surface area contributed by atoms with Gasteiger partial charge in [-0.25, -0.2) is 8.42 Å². The Morgan fingerprint density at radius 2 is 2.25 bits per heavy atom. The number of unbranched alkanes of at least 4 members (excludes halogenated alkanes) is 1. The van der Waals surface area contributed by atoms with Gasteiger partial charge in [0.05, 0.1) is 11.8 Å². The van der Waals surface area contributed by atoms with E-state index in [0.717, 1.165) is 19.3 Å². The van der Waals surface area contributed by atoms with Gasteiger partial charge in [-0.15, -0.1) is 0 Å². The van der Waals surface area contributed by atoms with Gasteiger partial charge < -0.3 is 4.74 Å². The van der Waals surface area contributed by atoms with Gasteiger partial charge in [0.15, 0.2) is 0 Å². The molecule has 1 saturated heterocycles. The van der Waals surface area contributed by atoms with E-state index in [2.05, 4.69) is 5.10 Å². The summed E-state index contributed by atoms with van der Waals surface area (Å²) >= 11 is 0. The van der Waals surface area contributed by atoms with Crippen LogP contribution in [0.1, 0.15) is 31.7 Å². The zero-order chi connectivity index (χ0) is 14.4. The molecule has 1 aliphatic rings. The van der Waals surface area contributed by atoms with Gasteiger partial charge in [-0.3, -0.25) is 4.68 Å². The summed E-state index contributed by atoms with van der Waals surface area (Å²) in [6.07, 6.45) is 6.95. The largest absolute Gasteiger partial charge is 0.385 e. The fourth-order valence-electron chi connectivity index (χ4n) is 2.55. The van der Waals surface area contributed by atoms with E-state index in [1.165, 1.54) is 0 Å². The summed E-state index contributed by atoms with van der Waals surface area (Å²) in [5.41, 5.74) is 0. The van der Waals surface area contributed by atoms with Crippen LogP contribution in [0.5, 0.6) is 0 Å². The summed E-state index contributed by atoms with van der Waals surface area (Å²) in [6, 6.07) is 2.03. The molecule has 0 spiro atoms. The maximum absolute atomic E-state index is 12.3. The number of rotatable bonds is 7. The molecular weight excluding hydrogens is 278 g/mol. The lowest BCUT2D eigenvalue weighted by Gasteiger charge is -2.32. The van der Waals surface area contributed by atoms with E-state index in [1.807, 2.05) is 16.9 Å². The second kappa shape index (κ2) is 7.19. The quantitative estimate of drug-likeness (QED) is 0.712. The number of hydrogen-bond donors (Lipinski definition) is 0. The number of aromatic nitrogens is 2. The van der Waals surface area contributed by atoms with Crippen molar-refractivity contribution in [3.05, 3.63) is 18.5 Å². The molecule has 6 nitrogen and oxygen atoms in total. The first kappa shape index (κ1) is 15.5. The fraction of sp³-hybridized carbons (Fsp3) is 0.769. The number of ether oxygens (including phenoxy) is 1. The predicted molar refractivity (Wildman–Crippen MR) is 77.0 cm³/mol. The third-order valence-electron chi connectivity index (χ3n) is 3.65. The standard InChI is InChI=1S/C13H23N3O3S/c1-19-10-2-3-11-20(17,18)15-8-4-6-13(12-15)16-9-5-7-14-16/h5,7,9,13H,2-4,6,8,10-12H2,1H3/t13-/m1/s1. The molecule has 2 rings (SSSR count). The minimum absolute atomic E-state index is 0.160. The van der Waals surface area contributed by atoms with Crippen molar-refractivity contribution in [1.82, 2.24) is 14.1 Å². The molecule has 1 aliphatic heterocycles. The number of sulfonamides is 1. The maximum Gasteiger partial charge on any atom is 0.214 e. The second-order valence-corrected chi connectivity index (χ2v) is 7.24. The number of hydrogen-bond acceptors (Lipinski definition) is 4. The van der Waals surface area contributed by atoms with Crippen LogP contribution in [-0.2, 0) is 14.8 Å². The van der Waals surface area contributed by atoms with Crippen LogP contribution in [0.3, 0.4) is 0 Å². The summed E-state index contributed by atoms with van der Waals surface area (Å²) in [6.45, 7) is 1.78. The normalized spacial score (nSPS) is 21.1. The van der Waals surface area contributed by atoms with E-state index in [0.29, 0.717) is 26.1 Å². The van der Waals surface area contributed by atoms with Crippen molar-refractivity contribution in [2.75, 3.05) is 32.6 Å². The Hall–Kier alpha value is -0.920. The van der Waals surface area contributed by atoms with Gasteiger partial charge in [0.25, 0.3) is 0 Å². The van der Waals surface area contributed by atoms with Crippen molar-refractivity contribution in [3.8, 4) is 0 Å². The summed E-state index contributed by atoms with van der Waals surface area (Å²) < 4.78 is 33.1. The first-order valence-electron chi connectivity index (χ1n) is 7.09. The minimum atomic E-state index is -3.15. The van der Waals surface area contributed by atoms with Gasteiger partial charge in [-0.2, -0.15) is 9.40 Å². The van der Waals surface area contributed by atoms with Crippen molar-refractivity contribution in [2.45, 2.75) is 31.7 Å². The molecule has 0 saturated carbocycles. The van der Waals surface area contributed by atoms with Crippen LogP contribution in [0.2, 0.25) is 0 Å². The van der Waals surface area contributed by atoms with Crippen LogP contribution in [0.15, 0.2) is 18.5 Å². The van der Waals surface area contributed by atoms with Crippen LogP contribution < -0.4 is 0 Å². The zero-order valence-electron chi connectivity index (χ0n) is 11.9. The highest BCUT2D eigenvalue weighted by Gasteiger charge is 2.29. The highest BCUT2D eigenvalue weighted by atomic mass is 32.2. The first-order chi connectivity index (χ1) is 9.63. The van der Waals surface area contributed by atoms with E-state index in [4.69, 9.17) is 4.74 Å². The smallest absolute Gasteiger partial charge is 0.214 e. The van der Waals surface area contributed by atoms with Crippen LogP contribution in [0.25, 0.3) is 0 Å². The monoisotopic (exact) mass is 301 g/mol. The van der Waals surface area contributed by atoms with Crippen molar-refractivity contribution in [3.63, 3.8) is 0 Å². The molecule has 0 aliphatic carbocycles. The molecule has 114 valence electrons. The van der Waals surface area contributed by atoms with Gasteiger partial charge in [0.2, 0.25) is 10.0 Å². The SMILES string of the molecule is COCCCCS(=O)(=O)N1CCC[C@@H](n2cccn2)C1. The van der Waals surface area contributed by atoms with Crippen LogP contribution in [0.4, 0.5) is 0 Å². The minimum Gasteiger partial charge on any atom is -0.385 e. The average Bonchev–Trinajstić information content (AvgIpc) is 2.98. The zero-order valence-corrected chi connectivity index (χ0v) is 12.8. The Labute approximate surface area is 120 Å². The molecule has 1 fully saturated rings. The predicted octanol–water partition coefficient (Wildman–Crippen LogP) is 1.28. The Morgan fingerprint density at radius 3 is 2.95 bits per heavy atom. The highest BCUT2D eigenvalue weighted by Crippen LogP contribution is 2.23. The molecule has 2 heterocycles. The Morgan fingerprint density at radius 1 is 1.40 bits per heavy atom. The third-order valence-corrected chi connectivity index (χ3v) is 5.58. The first-order valence-corrected chi connectivity index (χ1v) is 8.70. The van der Waals surface area contributed by atoms with Crippen LogP contribution in [0, 0.1) is 0 Å². The molecule has 1 atom stereocenters. The molecule has 20 heavy (non-hydrogen) atoms. The molecule has 0 aromatic carbocycles. The molecule has 0 unspecified atom stereocenters. The Balaban J connectivity index is 1.90. The topological polar surface area (TPSA) is 64.4 Å². The summed E-state index contributed by atoms with van der Waals surface area (Å²) in [5, 5.41) is 4.22. The van der Waals surface area contributed by atoms with Crippen molar-refractivity contribution >= 4 is 10.0 Å². The van der Waals surface area contributed by atoms with E-state index in [-0.39, 0.29) is 11.8 Å². The third kappa shape index (κ3) is 4.04. The average molecular weight is 301 g/mol. The van der Waals surface area contributed by atoms with Gasteiger partial charge in [-0.1, -0.05) is 0 Å². The second-order valence-electron chi connectivity index (χ2n) is 5.16. The number of methoxy groups -OCH3 is 1. The van der Waals surface area contributed by atoms with E-state index < -0.39 is 10.0 Å². The molecular formula is C13H23N3O3S. The van der Waals surface area contributed by atoms with Crippen LogP contribution in [-0.4, -0.2) is 55.1 Å². The van der Waals surface area contributed by atoms with Gasteiger partial charge >= 0.3 is 0 Å². The van der Waals surface area contributed by atoms with Gasteiger partial charge in [-0.05, 0) is 31.7 Å². The molecule has 0 bridgehead atoms. The highest BCUT2D eigenvalue weighted by molar-refractivity contribution is 7.89. The Bertz CT molecular complexity index is 487. The lowest BCUT2D eigenvalue weighted by molar-refractivity contribution is 0.194. The number of nitrogens with zero attached hydrogens (tertiary/aromatic N) is 3. The molecule has 1 aromatic rings. The Kier molecular flexibility index (Phi) is 5.56. The van der Waals surface area contributed by atoms with Crippen molar-refractivity contribution < 1.29 is 13.2 Å².